The number of nitrogens with one attached hydrogen (secondary N) is 1. The monoisotopic (exact) mass is 208 g/mol. The molecule has 1 atom stereocenters. The molecule has 1 heterocycles. The number of hydrogen-bond donors (Lipinski definition) is 2. The summed E-state index contributed by atoms with van der Waals surface area (Å²) in [5.74, 6) is 1.29. The van der Waals surface area contributed by atoms with E-state index in [0.717, 1.165) is 11.7 Å². The quantitative estimate of drug-likeness (QED) is 0.765. The lowest BCUT2D eigenvalue weighted by Crippen LogP contribution is -2.27. The molecule has 0 aromatic carbocycles. The Bertz CT molecular complexity index is 355. The fourth-order valence-electron chi connectivity index (χ4n) is 1.63. The molecule has 0 radical (unpaired) electrons. The van der Waals surface area contributed by atoms with Crippen molar-refractivity contribution in [2.24, 2.45) is 11.7 Å². The number of amides is 1. The Morgan fingerprint density at radius 2 is 2.40 bits per heavy atom. The van der Waals surface area contributed by atoms with Crippen LogP contribution in [0.2, 0.25) is 0 Å². The van der Waals surface area contributed by atoms with Gasteiger partial charge in [-0.15, -0.1) is 0 Å². The summed E-state index contributed by atoms with van der Waals surface area (Å²) in [6, 6.07) is 3.92. The minimum atomic E-state index is -0.517. The third-order valence-corrected chi connectivity index (χ3v) is 2.83. The highest BCUT2D eigenvalue weighted by molar-refractivity contribution is 5.89. The van der Waals surface area contributed by atoms with E-state index in [-0.39, 0.29) is 5.76 Å². The standard InChI is InChI=1S/C11H16N2O2/c1-7(8-2-3-8)13-6-9-4-5-10(15-9)11(12)14/h4-5,7-8,13H,2-3,6H2,1H3,(H2,12,14). The fourth-order valence-corrected chi connectivity index (χ4v) is 1.63. The molecular weight excluding hydrogens is 192 g/mol. The largest absolute Gasteiger partial charge is 0.455 e. The molecule has 1 fully saturated rings. The van der Waals surface area contributed by atoms with Gasteiger partial charge in [0.2, 0.25) is 0 Å². The van der Waals surface area contributed by atoms with Crippen LogP contribution in [0.15, 0.2) is 16.5 Å². The number of furan rings is 1. The van der Waals surface area contributed by atoms with Crippen LogP contribution in [0.25, 0.3) is 0 Å². The van der Waals surface area contributed by atoms with E-state index in [4.69, 9.17) is 10.2 Å². The average Bonchev–Trinajstić information content (AvgIpc) is 2.93. The van der Waals surface area contributed by atoms with Crippen LogP contribution in [0.3, 0.4) is 0 Å². The van der Waals surface area contributed by atoms with E-state index in [9.17, 15) is 4.79 Å². The molecule has 1 aromatic rings. The number of hydrogen-bond acceptors (Lipinski definition) is 3. The van der Waals surface area contributed by atoms with Gasteiger partial charge in [-0.1, -0.05) is 0 Å². The Kier molecular flexibility index (Phi) is 2.77. The highest BCUT2D eigenvalue weighted by Crippen LogP contribution is 2.32. The molecule has 1 aliphatic rings. The minimum Gasteiger partial charge on any atom is -0.455 e. The van der Waals surface area contributed by atoms with Gasteiger partial charge in [0.1, 0.15) is 5.76 Å². The van der Waals surface area contributed by atoms with E-state index >= 15 is 0 Å². The number of carbonyl (C=O) groups excluding carboxylic acids is 1. The van der Waals surface area contributed by atoms with Crippen LogP contribution in [0, 0.1) is 5.92 Å². The van der Waals surface area contributed by atoms with E-state index in [1.807, 2.05) is 0 Å². The lowest BCUT2D eigenvalue weighted by atomic mass is 10.2. The Morgan fingerprint density at radius 3 is 2.93 bits per heavy atom. The van der Waals surface area contributed by atoms with Gasteiger partial charge in [-0.25, -0.2) is 0 Å². The second kappa shape index (κ2) is 4.06. The summed E-state index contributed by atoms with van der Waals surface area (Å²) in [6.07, 6.45) is 2.64. The molecule has 0 bridgehead atoms. The van der Waals surface area contributed by atoms with E-state index in [1.165, 1.54) is 12.8 Å². The molecule has 4 heteroatoms. The van der Waals surface area contributed by atoms with E-state index in [0.29, 0.717) is 12.6 Å². The lowest BCUT2D eigenvalue weighted by molar-refractivity contribution is 0.0972. The van der Waals surface area contributed by atoms with Gasteiger partial charge in [0.05, 0.1) is 6.54 Å². The summed E-state index contributed by atoms with van der Waals surface area (Å²) < 4.78 is 5.26. The summed E-state index contributed by atoms with van der Waals surface area (Å²) in [4.78, 5) is 10.8. The maximum absolute atomic E-state index is 10.8. The molecule has 1 aromatic heterocycles. The van der Waals surface area contributed by atoms with Gasteiger partial charge in [-0.05, 0) is 37.8 Å². The normalized spacial score (nSPS) is 17.7. The van der Waals surface area contributed by atoms with Gasteiger partial charge in [0.25, 0.3) is 5.91 Å². The smallest absolute Gasteiger partial charge is 0.284 e. The van der Waals surface area contributed by atoms with Crippen LogP contribution in [0.4, 0.5) is 0 Å². The van der Waals surface area contributed by atoms with Crippen molar-refractivity contribution in [1.29, 1.82) is 0 Å². The van der Waals surface area contributed by atoms with Gasteiger partial charge in [0.15, 0.2) is 5.76 Å². The fraction of sp³-hybridized carbons (Fsp3) is 0.545. The van der Waals surface area contributed by atoms with Crippen molar-refractivity contribution in [1.82, 2.24) is 5.32 Å². The topological polar surface area (TPSA) is 68.3 Å². The Labute approximate surface area is 88.8 Å². The van der Waals surface area contributed by atoms with Gasteiger partial charge in [-0.2, -0.15) is 0 Å². The minimum absolute atomic E-state index is 0.228. The highest BCUT2D eigenvalue weighted by atomic mass is 16.3. The Balaban J connectivity index is 1.84. The molecule has 0 spiro atoms. The van der Waals surface area contributed by atoms with Crippen LogP contribution in [-0.2, 0) is 6.54 Å². The lowest BCUT2D eigenvalue weighted by Gasteiger charge is -2.10. The Morgan fingerprint density at radius 1 is 1.67 bits per heavy atom. The maximum Gasteiger partial charge on any atom is 0.284 e. The third kappa shape index (κ3) is 2.59. The van der Waals surface area contributed by atoms with Crippen LogP contribution in [0.5, 0.6) is 0 Å². The van der Waals surface area contributed by atoms with E-state index in [2.05, 4.69) is 12.2 Å². The second-order valence-electron chi connectivity index (χ2n) is 4.14. The van der Waals surface area contributed by atoms with Crippen LogP contribution < -0.4 is 11.1 Å². The molecule has 1 aliphatic carbocycles. The first kappa shape index (κ1) is 10.2. The number of nitrogens with two attached hydrogens (primary N) is 1. The summed E-state index contributed by atoms with van der Waals surface area (Å²) in [5.41, 5.74) is 5.09. The van der Waals surface area contributed by atoms with Crippen molar-refractivity contribution in [3.05, 3.63) is 23.7 Å². The van der Waals surface area contributed by atoms with Gasteiger partial charge < -0.3 is 15.5 Å². The molecule has 4 nitrogen and oxygen atoms in total. The molecule has 1 unspecified atom stereocenters. The van der Waals surface area contributed by atoms with Crippen molar-refractivity contribution in [2.45, 2.75) is 32.4 Å². The number of rotatable bonds is 5. The van der Waals surface area contributed by atoms with Crippen molar-refractivity contribution >= 4 is 5.91 Å². The summed E-state index contributed by atoms with van der Waals surface area (Å²) >= 11 is 0. The highest BCUT2D eigenvalue weighted by Gasteiger charge is 2.27. The van der Waals surface area contributed by atoms with Gasteiger partial charge in [0, 0.05) is 6.04 Å². The zero-order valence-electron chi connectivity index (χ0n) is 8.82. The Hall–Kier alpha value is -1.29. The second-order valence-corrected chi connectivity index (χ2v) is 4.14. The first-order chi connectivity index (χ1) is 7.16. The average molecular weight is 208 g/mol. The molecule has 3 N–H and O–H groups in total. The molecule has 82 valence electrons. The third-order valence-electron chi connectivity index (χ3n) is 2.83. The van der Waals surface area contributed by atoms with Crippen LogP contribution in [0.1, 0.15) is 36.1 Å². The first-order valence-electron chi connectivity index (χ1n) is 5.28. The predicted octanol–water partition coefficient (Wildman–Crippen LogP) is 1.27. The van der Waals surface area contributed by atoms with Crippen molar-refractivity contribution in [2.75, 3.05) is 0 Å². The molecule has 1 saturated carbocycles. The van der Waals surface area contributed by atoms with Crippen LogP contribution in [-0.4, -0.2) is 11.9 Å². The molecule has 15 heavy (non-hydrogen) atoms. The maximum atomic E-state index is 10.8. The number of carbonyl (C=O) groups is 1. The molecule has 0 saturated heterocycles. The summed E-state index contributed by atoms with van der Waals surface area (Å²) in [5, 5.41) is 3.37. The summed E-state index contributed by atoms with van der Waals surface area (Å²) in [7, 11) is 0. The first-order valence-corrected chi connectivity index (χ1v) is 5.28. The van der Waals surface area contributed by atoms with Crippen molar-refractivity contribution in [3.63, 3.8) is 0 Å². The zero-order valence-corrected chi connectivity index (χ0v) is 8.82. The molecular formula is C11H16N2O2. The number of primary amides is 1. The molecule has 0 aliphatic heterocycles. The van der Waals surface area contributed by atoms with Gasteiger partial charge in [-0.3, -0.25) is 4.79 Å². The SMILES string of the molecule is CC(NCc1ccc(C(N)=O)o1)C1CC1. The van der Waals surface area contributed by atoms with Crippen molar-refractivity contribution < 1.29 is 9.21 Å². The van der Waals surface area contributed by atoms with Crippen molar-refractivity contribution in [3.8, 4) is 0 Å². The van der Waals surface area contributed by atoms with Gasteiger partial charge >= 0.3 is 0 Å². The summed E-state index contributed by atoms with van der Waals surface area (Å²) in [6.45, 7) is 2.83. The molecule has 1 amide bonds. The van der Waals surface area contributed by atoms with Crippen LogP contribution >= 0.6 is 0 Å². The zero-order chi connectivity index (χ0) is 10.8. The van der Waals surface area contributed by atoms with E-state index < -0.39 is 5.91 Å². The van der Waals surface area contributed by atoms with E-state index in [1.54, 1.807) is 12.1 Å². The predicted molar refractivity (Wildman–Crippen MR) is 56.3 cm³/mol. The molecule has 2 rings (SSSR count).